The van der Waals surface area contributed by atoms with Gasteiger partial charge in [-0.3, -0.25) is 4.79 Å². The van der Waals surface area contributed by atoms with E-state index in [1.165, 1.54) is 25.2 Å². The van der Waals surface area contributed by atoms with Gasteiger partial charge in [0.15, 0.2) is 0 Å². The second kappa shape index (κ2) is 8.27. The van der Waals surface area contributed by atoms with E-state index in [4.69, 9.17) is 16.3 Å². The molecule has 2 aromatic carbocycles. The minimum atomic E-state index is -0.388. The number of methoxy groups -OCH3 is 1. The van der Waals surface area contributed by atoms with Gasteiger partial charge in [0.1, 0.15) is 22.3 Å². The lowest BCUT2D eigenvalue weighted by Crippen LogP contribution is -2.14. The molecule has 5 nitrogen and oxygen atoms in total. The van der Waals surface area contributed by atoms with Crippen LogP contribution in [0.5, 0.6) is 0 Å². The highest BCUT2D eigenvalue weighted by atomic mass is 35.5. The van der Waals surface area contributed by atoms with Crippen LogP contribution in [0.2, 0.25) is 5.02 Å². The number of hydrogen-bond donors (Lipinski definition) is 0. The van der Waals surface area contributed by atoms with Crippen molar-refractivity contribution >= 4 is 40.4 Å². The van der Waals surface area contributed by atoms with Gasteiger partial charge >= 0.3 is 5.97 Å². The lowest BCUT2D eigenvalue weighted by molar-refractivity contribution is -0.139. The van der Waals surface area contributed by atoms with E-state index in [2.05, 4.69) is 9.97 Å². The predicted molar refractivity (Wildman–Crippen MR) is 117 cm³/mol. The van der Waals surface area contributed by atoms with Crippen LogP contribution in [0.4, 0.5) is 0 Å². The van der Waals surface area contributed by atoms with Crippen LogP contribution in [0.15, 0.2) is 72.1 Å². The number of carbonyl (C=O) groups is 1. The van der Waals surface area contributed by atoms with Crippen LogP contribution in [-0.4, -0.2) is 32.9 Å². The van der Waals surface area contributed by atoms with Gasteiger partial charge in [-0.15, -0.1) is 0 Å². The molecule has 0 fully saturated rings. The average Bonchev–Trinajstić information content (AvgIpc) is 3.15. The number of benzene rings is 2. The van der Waals surface area contributed by atoms with Gasteiger partial charge in [0.2, 0.25) is 0 Å². The zero-order valence-corrected chi connectivity index (χ0v) is 17.4. The van der Waals surface area contributed by atoms with Crippen molar-refractivity contribution < 1.29 is 9.53 Å². The smallest absolute Gasteiger partial charge is 0.318 e. The van der Waals surface area contributed by atoms with Crippen LogP contribution in [0.1, 0.15) is 6.92 Å². The first-order valence-corrected chi connectivity index (χ1v) is 10.3. The van der Waals surface area contributed by atoms with Crippen LogP contribution in [-0.2, 0) is 9.53 Å². The minimum Gasteiger partial charge on any atom is -0.468 e. The molecule has 4 rings (SSSR count). The first-order chi connectivity index (χ1) is 14.1. The zero-order chi connectivity index (χ0) is 20.4. The van der Waals surface area contributed by atoms with Gasteiger partial charge in [-0.05, 0) is 36.8 Å². The number of thioether (sulfide) groups is 1. The maximum absolute atomic E-state index is 12.0. The van der Waals surface area contributed by atoms with E-state index in [9.17, 15) is 4.79 Å². The number of fused-ring (bicyclic) bond motifs is 1. The molecule has 0 aliphatic carbocycles. The molecule has 7 heteroatoms. The van der Waals surface area contributed by atoms with Gasteiger partial charge in [-0.2, -0.15) is 0 Å². The summed E-state index contributed by atoms with van der Waals surface area (Å²) in [7, 11) is 1.39. The summed E-state index contributed by atoms with van der Waals surface area (Å²) in [4.78, 5) is 21.0. The molecule has 1 atom stereocenters. The summed E-state index contributed by atoms with van der Waals surface area (Å²) in [6, 6.07) is 17.7. The molecule has 29 heavy (non-hydrogen) atoms. The first kappa shape index (κ1) is 19.5. The Bertz CT molecular complexity index is 1160. The molecular formula is C22H18ClN3O2S. The van der Waals surface area contributed by atoms with Crippen LogP contribution < -0.4 is 0 Å². The third-order valence-electron chi connectivity index (χ3n) is 4.56. The molecule has 0 aliphatic rings. The Hall–Kier alpha value is -2.83. The van der Waals surface area contributed by atoms with Crippen molar-refractivity contribution in [3.05, 3.63) is 72.1 Å². The predicted octanol–water partition coefficient (Wildman–Crippen LogP) is 5.39. The number of halogens is 1. The molecule has 0 N–H and O–H groups in total. The lowest BCUT2D eigenvalue weighted by Gasteiger charge is -2.10. The third-order valence-corrected chi connectivity index (χ3v) is 5.89. The number of ether oxygens (including phenoxy) is 1. The van der Waals surface area contributed by atoms with E-state index in [0.29, 0.717) is 5.02 Å². The summed E-state index contributed by atoms with van der Waals surface area (Å²) in [5.74, 6) is -0.292. The molecule has 2 heterocycles. The van der Waals surface area contributed by atoms with Gasteiger partial charge in [0.05, 0.1) is 12.5 Å². The van der Waals surface area contributed by atoms with E-state index < -0.39 is 0 Å². The summed E-state index contributed by atoms with van der Waals surface area (Å²) < 4.78 is 6.89. The molecule has 0 aliphatic heterocycles. The largest absolute Gasteiger partial charge is 0.468 e. The van der Waals surface area contributed by atoms with Crippen molar-refractivity contribution in [3.63, 3.8) is 0 Å². The Morgan fingerprint density at radius 1 is 1.10 bits per heavy atom. The van der Waals surface area contributed by atoms with Crippen molar-refractivity contribution in [2.24, 2.45) is 0 Å². The zero-order valence-electron chi connectivity index (χ0n) is 15.9. The number of aromatic nitrogens is 3. The Labute approximate surface area is 177 Å². The van der Waals surface area contributed by atoms with E-state index in [1.54, 1.807) is 0 Å². The minimum absolute atomic E-state index is 0.292. The topological polar surface area (TPSA) is 57.0 Å². The molecule has 0 amide bonds. The highest BCUT2D eigenvalue weighted by Gasteiger charge is 2.22. The number of carbonyl (C=O) groups excluding carboxylic acids is 1. The average molecular weight is 424 g/mol. The van der Waals surface area contributed by atoms with Crippen molar-refractivity contribution in [1.29, 1.82) is 0 Å². The maximum Gasteiger partial charge on any atom is 0.318 e. The van der Waals surface area contributed by atoms with Crippen LogP contribution in [0.3, 0.4) is 0 Å². The standard InChI is InChI=1S/C22H18ClN3O2S/c1-14(22(27)28-2)29-21-19-18(15-6-4-3-5-7-15)12-26(20(19)24-13-25-21)17-10-8-16(23)9-11-17/h3-14H,1-2H3/t14-/m0/s1. The van der Waals surface area contributed by atoms with Crippen molar-refractivity contribution in [2.45, 2.75) is 17.2 Å². The SMILES string of the molecule is COC(=O)[C@H](C)Sc1ncnc2c1c(-c1ccccc1)cn2-c1ccc(Cl)cc1. The first-order valence-electron chi connectivity index (χ1n) is 9.00. The summed E-state index contributed by atoms with van der Waals surface area (Å²) in [6.45, 7) is 1.81. The molecule has 0 bridgehead atoms. The highest BCUT2D eigenvalue weighted by Crippen LogP contribution is 2.38. The van der Waals surface area contributed by atoms with Crippen molar-refractivity contribution in [1.82, 2.24) is 14.5 Å². The highest BCUT2D eigenvalue weighted by molar-refractivity contribution is 8.00. The number of nitrogens with zero attached hydrogens (tertiary/aromatic N) is 3. The maximum atomic E-state index is 12.0. The summed E-state index contributed by atoms with van der Waals surface area (Å²) in [6.07, 6.45) is 3.57. The Morgan fingerprint density at radius 2 is 1.83 bits per heavy atom. The molecule has 0 radical (unpaired) electrons. The van der Waals surface area contributed by atoms with Gasteiger partial charge in [-0.25, -0.2) is 9.97 Å². The van der Waals surface area contributed by atoms with E-state index in [1.807, 2.05) is 72.3 Å². The number of hydrogen-bond acceptors (Lipinski definition) is 5. The Morgan fingerprint density at radius 3 is 2.52 bits per heavy atom. The molecule has 0 spiro atoms. The monoisotopic (exact) mass is 423 g/mol. The number of rotatable bonds is 5. The van der Waals surface area contributed by atoms with Crippen LogP contribution >= 0.6 is 23.4 Å². The van der Waals surface area contributed by atoms with Gasteiger partial charge in [0.25, 0.3) is 0 Å². The molecule has 2 aromatic heterocycles. The third kappa shape index (κ3) is 3.86. The Balaban J connectivity index is 1.94. The molecular weight excluding hydrogens is 406 g/mol. The van der Waals surface area contributed by atoms with E-state index in [-0.39, 0.29) is 11.2 Å². The summed E-state index contributed by atoms with van der Waals surface area (Å²) in [5.41, 5.74) is 3.75. The van der Waals surface area contributed by atoms with Crippen molar-refractivity contribution in [3.8, 4) is 16.8 Å². The second-order valence-electron chi connectivity index (χ2n) is 6.42. The van der Waals surface area contributed by atoms with Crippen LogP contribution in [0, 0.1) is 0 Å². The quantitative estimate of drug-likeness (QED) is 0.244. The summed E-state index contributed by atoms with van der Waals surface area (Å²) in [5, 5.41) is 1.92. The fraction of sp³-hybridized carbons (Fsp3) is 0.136. The fourth-order valence-corrected chi connectivity index (χ4v) is 4.22. The van der Waals surface area contributed by atoms with Gasteiger partial charge in [0, 0.05) is 22.5 Å². The summed E-state index contributed by atoms with van der Waals surface area (Å²) >= 11 is 7.43. The second-order valence-corrected chi connectivity index (χ2v) is 8.18. The van der Waals surface area contributed by atoms with Gasteiger partial charge in [-0.1, -0.05) is 53.7 Å². The molecule has 4 aromatic rings. The van der Waals surface area contributed by atoms with Crippen molar-refractivity contribution in [2.75, 3.05) is 7.11 Å². The molecule has 146 valence electrons. The van der Waals surface area contributed by atoms with E-state index >= 15 is 0 Å². The Kier molecular flexibility index (Phi) is 5.56. The van der Waals surface area contributed by atoms with E-state index in [0.717, 1.165) is 32.9 Å². The molecule has 0 unspecified atom stereocenters. The normalized spacial score (nSPS) is 12.1. The lowest BCUT2D eigenvalue weighted by atomic mass is 10.1. The molecule has 0 saturated heterocycles. The fourth-order valence-electron chi connectivity index (χ4n) is 3.14. The van der Waals surface area contributed by atoms with Gasteiger partial charge < -0.3 is 9.30 Å². The number of esters is 1. The molecule has 0 saturated carbocycles. The van der Waals surface area contributed by atoms with Crippen LogP contribution in [0.25, 0.3) is 27.8 Å².